The minimum Gasteiger partial charge on any atom is -0.396 e. The van der Waals surface area contributed by atoms with E-state index < -0.39 is 9.84 Å². The summed E-state index contributed by atoms with van der Waals surface area (Å²) in [7, 11) is -0.961. The van der Waals surface area contributed by atoms with Gasteiger partial charge in [0.1, 0.15) is 9.84 Å². The van der Waals surface area contributed by atoms with Gasteiger partial charge in [-0.1, -0.05) is 0 Å². The van der Waals surface area contributed by atoms with Crippen LogP contribution in [-0.2, 0) is 16.9 Å². The average Bonchev–Trinajstić information content (AvgIpc) is 2.48. The highest BCUT2D eigenvalue weighted by molar-refractivity contribution is 7.91. The zero-order valence-electron chi connectivity index (χ0n) is 8.68. The van der Waals surface area contributed by atoms with Crippen molar-refractivity contribution in [3.05, 3.63) is 11.9 Å². The third kappa shape index (κ3) is 1.99. The molecule has 1 aliphatic rings. The minimum absolute atomic E-state index is 0.237. The fourth-order valence-corrected chi connectivity index (χ4v) is 3.62. The molecule has 0 unspecified atom stereocenters. The molecule has 0 radical (unpaired) electrons. The van der Waals surface area contributed by atoms with Gasteiger partial charge in [-0.25, -0.2) is 8.42 Å². The second-order valence-electron chi connectivity index (χ2n) is 4.03. The highest BCUT2D eigenvalue weighted by atomic mass is 32.2. The van der Waals surface area contributed by atoms with Crippen molar-refractivity contribution in [1.29, 1.82) is 0 Å². The van der Waals surface area contributed by atoms with Gasteiger partial charge in [-0.3, -0.25) is 4.68 Å². The van der Waals surface area contributed by atoms with E-state index in [9.17, 15) is 8.42 Å². The van der Waals surface area contributed by atoms with E-state index in [1.165, 1.54) is 0 Å². The molecule has 1 aliphatic heterocycles. The number of nitrogens with two attached hydrogens (primary N) is 1. The molecule has 1 aromatic rings. The van der Waals surface area contributed by atoms with Crippen LogP contribution in [0.2, 0.25) is 0 Å². The van der Waals surface area contributed by atoms with Gasteiger partial charge in [-0.15, -0.1) is 0 Å². The number of nitrogens with zero attached hydrogens (tertiary/aromatic N) is 2. The average molecular weight is 229 g/mol. The fraction of sp³-hybridized carbons (Fsp3) is 0.667. The van der Waals surface area contributed by atoms with Crippen molar-refractivity contribution in [2.75, 3.05) is 17.2 Å². The van der Waals surface area contributed by atoms with Gasteiger partial charge in [0.2, 0.25) is 0 Å². The van der Waals surface area contributed by atoms with Crippen LogP contribution in [0.4, 0.5) is 5.69 Å². The van der Waals surface area contributed by atoms with Gasteiger partial charge in [0, 0.05) is 13.0 Å². The topological polar surface area (TPSA) is 78.0 Å². The Morgan fingerprint density at radius 2 is 2.07 bits per heavy atom. The maximum absolute atomic E-state index is 11.3. The lowest BCUT2D eigenvalue weighted by molar-refractivity contribution is 0.528. The first kappa shape index (κ1) is 10.5. The third-order valence-electron chi connectivity index (χ3n) is 2.96. The Bertz CT molecular complexity index is 430. The number of rotatable bonds is 1. The summed E-state index contributed by atoms with van der Waals surface area (Å²) in [6.07, 6.45) is 2.94. The molecule has 6 heteroatoms. The number of sulfone groups is 1. The lowest BCUT2D eigenvalue weighted by Crippen LogP contribution is -2.23. The largest absolute Gasteiger partial charge is 0.396 e. The summed E-state index contributed by atoms with van der Waals surface area (Å²) in [6.45, 7) is 0. The predicted molar refractivity (Wildman–Crippen MR) is 58.2 cm³/mol. The number of anilines is 1. The maximum atomic E-state index is 11.3. The summed E-state index contributed by atoms with van der Waals surface area (Å²) < 4.78 is 24.3. The molecule has 0 saturated carbocycles. The number of aryl methyl sites for hydroxylation is 1. The van der Waals surface area contributed by atoms with E-state index in [0.717, 1.165) is 5.69 Å². The van der Waals surface area contributed by atoms with Crippen LogP contribution >= 0.6 is 0 Å². The molecule has 0 bridgehead atoms. The molecule has 2 heterocycles. The molecule has 0 atom stereocenters. The number of hydrogen-bond acceptors (Lipinski definition) is 4. The van der Waals surface area contributed by atoms with Crippen LogP contribution in [0.5, 0.6) is 0 Å². The predicted octanol–water partition coefficient (Wildman–Crippen LogP) is 0.295. The van der Waals surface area contributed by atoms with Crippen LogP contribution in [0.1, 0.15) is 24.5 Å². The Hall–Kier alpha value is -1.04. The summed E-state index contributed by atoms with van der Waals surface area (Å²) in [6, 6.07) is 0. The van der Waals surface area contributed by atoms with Crippen molar-refractivity contribution in [3.8, 4) is 0 Å². The molecule has 1 aromatic heterocycles. The number of nitrogen functional groups attached to an aromatic ring is 1. The normalized spacial score (nSPS) is 21.7. The van der Waals surface area contributed by atoms with Crippen molar-refractivity contribution in [2.24, 2.45) is 7.05 Å². The Balaban J connectivity index is 2.21. The summed E-state index contributed by atoms with van der Waals surface area (Å²) in [5.74, 6) is 0.769. The van der Waals surface area contributed by atoms with Crippen molar-refractivity contribution < 1.29 is 8.42 Å². The summed E-state index contributed by atoms with van der Waals surface area (Å²) in [4.78, 5) is 0. The molecule has 5 nitrogen and oxygen atoms in total. The van der Waals surface area contributed by atoms with Crippen molar-refractivity contribution in [3.63, 3.8) is 0 Å². The summed E-state index contributed by atoms with van der Waals surface area (Å²) in [5, 5.41) is 4.07. The lowest BCUT2D eigenvalue weighted by atomic mass is 9.98. The third-order valence-corrected chi connectivity index (χ3v) is 4.67. The molecule has 84 valence electrons. The highest BCUT2D eigenvalue weighted by Gasteiger charge is 2.27. The molecule has 0 aromatic carbocycles. The van der Waals surface area contributed by atoms with Gasteiger partial charge >= 0.3 is 0 Å². The van der Waals surface area contributed by atoms with E-state index in [-0.39, 0.29) is 17.4 Å². The van der Waals surface area contributed by atoms with Gasteiger partial charge in [0.05, 0.1) is 29.1 Å². The lowest BCUT2D eigenvalue weighted by Gasteiger charge is -2.22. The second kappa shape index (κ2) is 3.52. The summed E-state index contributed by atoms with van der Waals surface area (Å²) in [5.41, 5.74) is 7.45. The summed E-state index contributed by atoms with van der Waals surface area (Å²) >= 11 is 0. The monoisotopic (exact) mass is 229 g/mol. The van der Waals surface area contributed by atoms with E-state index in [1.807, 2.05) is 7.05 Å². The smallest absolute Gasteiger partial charge is 0.150 e. The molecule has 2 rings (SSSR count). The van der Waals surface area contributed by atoms with Crippen LogP contribution in [0.25, 0.3) is 0 Å². The Morgan fingerprint density at radius 3 is 2.53 bits per heavy atom. The highest BCUT2D eigenvalue weighted by Crippen LogP contribution is 2.31. The van der Waals surface area contributed by atoms with E-state index in [4.69, 9.17) is 5.73 Å². The Kier molecular flexibility index (Phi) is 2.46. The fourth-order valence-electron chi connectivity index (χ4n) is 2.13. The maximum Gasteiger partial charge on any atom is 0.150 e. The molecule has 0 spiro atoms. The van der Waals surface area contributed by atoms with Gasteiger partial charge in [0.15, 0.2) is 0 Å². The van der Waals surface area contributed by atoms with Gasteiger partial charge in [0.25, 0.3) is 0 Å². The molecular formula is C9H15N3O2S. The van der Waals surface area contributed by atoms with Gasteiger partial charge in [-0.2, -0.15) is 5.10 Å². The van der Waals surface area contributed by atoms with Gasteiger partial charge in [-0.05, 0) is 12.8 Å². The van der Waals surface area contributed by atoms with Crippen LogP contribution in [-0.4, -0.2) is 29.7 Å². The first-order chi connectivity index (χ1) is 6.99. The van der Waals surface area contributed by atoms with Crippen LogP contribution in [0.3, 0.4) is 0 Å². The molecule has 0 aliphatic carbocycles. The van der Waals surface area contributed by atoms with Crippen molar-refractivity contribution in [1.82, 2.24) is 9.78 Å². The number of hydrogen-bond donors (Lipinski definition) is 1. The molecular weight excluding hydrogens is 214 g/mol. The molecule has 0 amide bonds. The minimum atomic E-state index is -2.80. The van der Waals surface area contributed by atoms with Gasteiger partial charge < -0.3 is 5.73 Å². The molecule has 2 N–H and O–H groups in total. The van der Waals surface area contributed by atoms with Crippen molar-refractivity contribution >= 4 is 15.5 Å². The molecule has 1 fully saturated rings. The Morgan fingerprint density at radius 1 is 1.47 bits per heavy atom. The zero-order chi connectivity index (χ0) is 11.1. The molecule has 1 saturated heterocycles. The molecule has 15 heavy (non-hydrogen) atoms. The SMILES string of the molecule is Cn1ncc(N)c1C1CCS(=O)(=O)CC1. The first-order valence-corrected chi connectivity index (χ1v) is 6.79. The Labute approximate surface area is 89.2 Å². The van der Waals surface area contributed by atoms with E-state index in [2.05, 4.69) is 5.10 Å². The second-order valence-corrected chi connectivity index (χ2v) is 6.34. The number of aromatic nitrogens is 2. The van der Waals surface area contributed by atoms with E-state index in [0.29, 0.717) is 18.5 Å². The van der Waals surface area contributed by atoms with E-state index in [1.54, 1.807) is 10.9 Å². The first-order valence-electron chi connectivity index (χ1n) is 4.97. The van der Waals surface area contributed by atoms with Crippen LogP contribution in [0.15, 0.2) is 6.20 Å². The van der Waals surface area contributed by atoms with Crippen molar-refractivity contribution in [2.45, 2.75) is 18.8 Å². The standard InChI is InChI=1S/C9H15N3O2S/c1-12-9(8(10)6-11-12)7-2-4-15(13,14)5-3-7/h6-7H,2-5,10H2,1H3. The van der Waals surface area contributed by atoms with Crippen LogP contribution < -0.4 is 5.73 Å². The zero-order valence-corrected chi connectivity index (χ0v) is 9.50. The quantitative estimate of drug-likeness (QED) is 0.751. The van der Waals surface area contributed by atoms with E-state index >= 15 is 0 Å². The van der Waals surface area contributed by atoms with Crippen LogP contribution in [0, 0.1) is 0 Å².